The van der Waals surface area contributed by atoms with E-state index < -0.39 is 34.0 Å². The normalized spacial score (nSPS) is 23.6. The molecule has 0 radical (unpaired) electrons. The third-order valence-corrected chi connectivity index (χ3v) is 9.23. The predicted octanol–water partition coefficient (Wildman–Crippen LogP) is 3.73. The molecular formula is C27H34N2O5S. The van der Waals surface area contributed by atoms with E-state index in [9.17, 15) is 23.1 Å². The molecule has 35 heavy (non-hydrogen) atoms. The molecular weight excluding hydrogens is 464 g/mol. The van der Waals surface area contributed by atoms with Crippen molar-refractivity contribution in [3.63, 3.8) is 0 Å². The first-order valence-corrected chi connectivity index (χ1v) is 13.6. The standard InChI is InChI=1S/C27H34N2O5S/c1-27(2,3)20-13-9-18(10-14-20)17-23(26(31)32)28-25(30)24-19-11-15-21(16-12-19)29(24)35(33,34)22-7-5-4-6-8-22/h4-10,13-14,19,21,23-24H,11-12,15-17H2,1-3H3,(H,28,30)(H,31,32). The van der Waals surface area contributed by atoms with E-state index in [1.54, 1.807) is 18.2 Å². The summed E-state index contributed by atoms with van der Waals surface area (Å²) >= 11 is 0. The van der Waals surface area contributed by atoms with Gasteiger partial charge in [0.25, 0.3) is 0 Å². The van der Waals surface area contributed by atoms with Crippen LogP contribution in [0.25, 0.3) is 0 Å². The minimum Gasteiger partial charge on any atom is -0.480 e. The molecule has 8 heteroatoms. The number of aliphatic carboxylic acids is 1. The molecule has 2 heterocycles. The fraction of sp³-hybridized carbons (Fsp3) is 0.481. The lowest BCUT2D eigenvalue weighted by molar-refractivity contribution is -0.143. The number of carbonyl (C=O) groups is 2. The molecule has 3 fully saturated rings. The Morgan fingerprint density at radius 3 is 2.14 bits per heavy atom. The maximum absolute atomic E-state index is 13.5. The Balaban J connectivity index is 1.56. The number of nitrogens with one attached hydrogen (secondary N) is 1. The van der Waals surface area contributed by atoms with E-state index in [4.69, 9.17) is 0 Å². The Morgan fingerprint density at radius 1 is 1.00 bits per heavy atom. The summed E-state index contributed by atoms with van der Waals surface area (Å²) in [5.74, 6) is -1.80. The highest BCUT2D eigenvalue weighted by molar-refractivity contribution is 7.89. The van der Waals surface area contributed by atoms with E-state index in [-0.39, 0.29) is 28.7 Å². The largest absolute Gasteiger partial charge is 0.480 e. The van der Waals surface area contributed by atoms with Crippen LogP contribution in [-0.2, 0) is 31.4 Å². The van der Waals surface area contributed by atoms with Gasteiger partial charge in [-0.25, -0.2) is 13.2 Å². The van der Waals surface area contributed by atoms with E-state index in [2.05, 4.69) is 26.1 Å². The van der Waals surface area contributed by atoms with Crippen molar-refractivity contribution in [2.45, 2.75) is 81.3 Å². The molecule has 2 bridgehead atoms. The van der Waals surface area contributed by atoms with Crippen molar-refractivity contribution in [1.29, 1.82) is 0 Å². The van der Waals surface area contributed by atoms with Crippen LogP contribution >= 0.6 is 0 Å². The van der Waals surface area contributed by atoms with Crippen LogP contribution in [0.1, 0.15) is 57.6 Å². The van der Waals surface area contributed by atoms with Crippen molar-refractivity contribution in [2.24, 2.45) is 5.92 Å². The average molecular weight is 499 g/mol. The van der Waals surface area contributed by atoms with Crippen LogP contribution < -0.4 is 5.32 Å². The van der Waals surface area contributed by atoms with Gasteiger partial charge in [-0.3, -0.25) is 4.79 Å². The van der Waals surface area contributed by atoms with E-state index in [0.717, 1.165) is 24.0 Å². The van der Waals surface area contributed by atoms with Gasteiger partial charge in [-0.1, -0.05) is 63.2 Å². The molecule has 2 N–H and O–H groups in total. The third-order valence-electron chi connectivity index (χ3n) is 7.28. The first-order valence-electron chi connectivity index (χ1n) is 12.2. The Kier molecular flexibility index (Phi) is 7.06. The van der Waals surface area contributed by atoms with Crippen LogP contribution in [0.3, 0.4) is 0 Å². The summed E-state index contributed by atoms with van der Waals surface area (Å²) in [7, 11) is -3.90. The second-order valence-electron chi connectivity index (χ2n) is 10.7. The molecule has 0 aromatic heterocycles. The zero-order valence-electron chi connectivity index (χ0n) is 20.5. The number of nitrogens with zero attached hydrogens (tertiary/aromatic N) is 1. The second kappa shape index (κ2) is 9.74. The topological polar surface area (TPSA) is 104 Å². The number of rotatable bonds is 7. The Labute approximate surface area is 207 Å². The summed E-state index contributed by atoms with van der Waals surface area (Å²) in [4.78, 5) is 25.7. The van der Waals surface area contributed by atoms with Crippen molar-refractivity contribution in [3.05, 3.63) is 65.7 Å². The van der Waals surface area contributed by atoms with Gasteiger partial charge in [0.1, 0.15) is 12.1 Å². The number of sulfonamides is 1. The summed E-state index contributed by atoms with van der Waals surface area (Å²) in [6, 6.07) is 13.6. The molecule has 7 nitrogen and oxygen atoms in total. The molecule has 2 saturated heterocycles. The van der Waals surface area contributed by atoms with Gasteiger partial charge in [0.2, 0.25) is 15.9 Å². The van der Waals surface area contributed by atoms with Gasteiger partial charge < -0.3 is 10.4 Å². The van der Waals surface area contributed by atoms with Crippen LogP contribution in [0.4, 0.5) is 0 Å². The van der Waals surface area contributed by atoms with Gasteiger partial charge in [0.15, 0.2) is 0 Å². The van der Waals surface area contributed by atoms with Crippen LogP contribution in [0.2, 0.25) is 0 Å². The number of carbonyl (C=O) groups excluding carboxylic acids is 1. The molecule has 1 saturated carbocycles. The van der Waals surface area contributed by atoms with E-state index >= 15 is 0 Å². The van der Waals surface area contributed by atoms with Crippen molar-refractivity contribution >= 4 is 21.9 Å². The summed E-state index contributed by atoms with van der Waals surface area (Å²) in [6.45, 7) is 6.32. The smallest absolute Gasteiger partial charge is 0.326 e. The maximum Gasteiger partial charge on any atom is 0.326 e. The molecule has 3 aliphatic rings. The average Bonchev–Trinajstić information content (AvgIpc) is 2.84. The highest BCUT2D eigenvalue weighted by Crippen LogP contribution is 2.42. The van der Waals surface area contributed by atoms with Gasteiger partial charge >= 0.3 is 5.97 Å². The number of carboxylic acid groups (broad SMARTS) is 1. The zero-order valence-corrected chi connectivity index (χ0v) is 21.3. The van der Waals surface area contributed by atoms with Crippen molar-refractivity contribution in [1.82, 2.24) is 9.62 Å². The maximum atomic E-state index is 13.5. The molecule has 1 aliphatic carbocycles. The Bertz CT molecular complexity index is 1160. The molecule has 0 spiro atoms. The molecule has 2 aromatic rings. The monoisotopic (exact) mass is 498 g/mol. The number of fused-ring (bicyclic) bond motifs is 3. The zero-order chi connectivity index (χ0) is 25.4. The summed E-state index contributed by atoms with van der Waals surface area (Å²) < 4.78 is 28.4. The van der Waals surface area contributed by atoms with Gasteiger partial charge in [-0.2, -0.15) is 4.31 Å². The second-order valence-corrected chi connectivity index (χ2v) is 12.6. The van der Waals surface area contributed by atoms with Gasteiger partial charge in [0, 0.05) is 12.5 Å². The summed E-state index contributed by atoms with van der Waals surface area (Å²) in [6.07, 6.45) is 3.06. The number of carboxylic acids is 1. The first-order chi connectivity index (χ1) is 16.5. The Morgan fingerprint density at radius 2 is 1.60 bits per heavy atom. The van der Waals surface area contributed by atoms with Crippen LogP contribution in [0.15, 0.2) is 59.5 Å². The Hall–Kier alpha value is -2.71. The first kappa shape index (κ1) is 25.4. The minimum atomic E-state index is -3.90. The lowest BCUT2D eigenvalue weighted by Crippen LogP contribution is -2.63. The number of amides is 1. The van der Waals surface area contributed by atoms with Gasteiger partial charge in [0.05, 0.1) is 4.90 Å². The third kappa shape index (κ3) is 5.28. The molecule has 188 valence electrons. The number of piperidine rings is 2. The molecule has 1 amide bonds. The van der Waals surface area contributed by atoms with Gasteiger partial charge in [-0.15, -0.1) is 0 Å². The predicted molar refractivity (Wildman–Crippen MR) is 133 cm³/mol. The van der Waals surface area contributed by atoms with E-state index in [1.807, 2.05) is 24.3 Å². The van der Waals surface area contributed by atoms with Crippen molar-refractivity contribution in [2.75, 3.05) is 0 Å². The lowest BCUT2D eigenvalue weighted by atomic mass is 9.76. The van der Waals surface area contributed by atoms with Crippen LogP contribution in [0.5, 0.6) is 0 Å². The quantitative estimate of drug-likeness (QED) is 0.605. The molecule has 2 aliphatic heterocycles. The highest BCUT2D eigenvalue weighted by atomic mass is 32.2. The molecule has 2 atom stereocenters. The summed E-state index contributed by atoms with van der Waals surface area (Å²) in [5.41, 5.74) is 1.91. The molecule has 2 aromatic carbocycles. The molecule has 5 rings (SSSR count). The minimum absolute atomic E-state index is 0.0209. The lowest BCUT2D eigenvalue weighted by Gasteiger charge is -2.49. The van der Waals surface area contributed by atoms with Crippen molar-refractivity contribution < 1.29 is 23.1 Å². The number of benzene rings is 2. The fourth-order valence-electron chi connectivity index (χ4n) is 5.33. The number of hydrogen-bond donors (Lipinski definition) is 2. The van der Waals surface area contributed by atoms with Crippen LogP contribution in [-0.4, -0.2) is 47.8 Å². The molecule has 2 unspecified atom stereocenters. The van der Waals surface area contributed by atoms with Gasteiger partial charge in [-0.05, 0) is 60.3 Å². The highest BCUT2D eigenvalue weighted by Gasteiger charge is 2.51. The number of hydrogen-bond acceptors (Lipinski definition) is 4. The van der Waals surface area contributed by atoms with E-state index in [0.29, 0.717) is 12.8 Å². The van der Waals surface area contributed by atoms with Crippen molar-refractivity contribution in [3.8, 4) is 0 Å². The SMILES string of the molecule is CC(C)(C)c1ccc(CC(NC(=O)C2C3CCC(CC3)N2S(=O)(=O)c2ccccc2)C(=O)O)cc1. The van der Waals surface area contributed by atoms with Crippen LogP contribution in [0, 0.1) is 5.92 Å². The van der Waals surface area contributed by atoms with E-state index in [1.165, 1.54) is 16.4 Å². The fourth-order valence-corrected chi connectivity index (χ4v) is 7.24. The summed E-state index contributed by atoms with van der Waals surface area (Å²) in [5, 5.41) is 12.5.